The number of alkyl halides is 1. The Labute approximate surface area is 246 Å². The number of hydrogen-bond acceptors (Lipinski definition) is 12. The lowest BCUT2D eigenvalue weighted by Crippen LogP contribution is -2.58. The third kappa shape index (κ3) is 15.0. The molecule has 0 fully saturated rings. The van der Waals surface area contributed by atoms with Crippen LogP contribution in [0.2, 0.25) is 78.6 Å². The zero-order valence-electron chi connectivity index (χ0n) is 25.7. The van der Waals surface area contributed by atoms with Gasteiger partial charge in [0.05, 0.1) is 12.3 Å². The van der Waals surface area contributed by atoms with Gasteiger partial charge in [0.1, 0.15) is 0 Å². The fourth-order valence-corrected chi connectivity index (χ4v) is 27.9. The normalized spacial score (nSPS) is 13.0. The molecule has 0 bridgehead atoms. The van der Waals surface area contributed by atoms with Crippen molar-refractivity contribution in [2.45, 2.75) is 78.6 Å². The van der Waals surface area contributed by atoms with Crippen LogP contribution in [-0.4, -0.2) is 106 Å². The van der Waals surface area contributed by atoms with Crippen molar-refractivity contribution in [1.29, 1.82) is 0 Å². The molecule has 0 atom stereocenters. The van der Waals surface area contributed by atoms with E-state index in [2.05, 4.69) is 104 Å². The molecule has 39 heavy (non-hydrogen) atoms. The van der Waals surface area contributed by atoms with Gasteiger partial charge in [-0.25, -0.2) is 4.39 Å². The molecule has 1 rings (SSSR count). The molecular weight excluding hydrogens is 642 g/mol. The van der Waals surface area contributed by atoms with Gasteiger partial charge in [0, 0.05) is 0 Å². The number of halogens is 1. The molecule has 0 aliphatic heterocycles. The second-order valence-electron chi connectivity index (χ2n) is 10.6. The molecule has 0 aliphatic rings. The van der Waals surface area contributed by atoms with Gasteiger partial charge >= 0.3 is 23.6 Å². The Bertz CT molecular complexity index is 738. The maximum Gasteiger partial charge on any atom is 0.489 e. The molecule has 12 nitrogen and oxygen atoms in total. The lowest BCUT2D eigenvalue weighted by molar-refractivity contribution is 0.177. The van der Waals surface area contributed by atoms with Crippen LogP contribution in [-0.2, 0) is 24.7 Å². The fraction of sp³-hybridized carbons (Fsp3) is 0.833. The number of nitrogens with zero attached hydrogens (tertiary/aromatic N) is 3. The van der Waals surface area contributed by atoms with Gasteiger partial charge in [-0.2, -0.15) is 15.0 Å². The van der Waals surface area contributed by atoms with E-state index in [1.165, 1.54) is 0 Å². The minimum absolute atomic E-state index is 0.146. The lowest BCUT2D eigenvalue weighted by Gasteiger charge is -2.35. The highest BCUT2D eigenvalue weighted by Gasteiger charge is 2.44. The smallest absolute Gasteiger partial charge is 0.431 e. The maximum absolute atomic E-state index is 13.1. The average molecular weight is 692 g/mol. The Morgan fingerprint density at radius 3 is 1.05 bits per heavy atom. The van der Waals surface area contributed by atoms with E-state index in [4.69, 9.17) is 29.4 Å². The van der Waals surface area contributed by atoms with Crippen molar-refractivity contribution in [3.63, 3.8) is 0 Å². The molecule has 1 aromatic rings. The van der Waals surface area contributed by atoms with Crippen molar-refractivity contribution in [1.82, 2.24) is 15.0 Å². The van der Waals surface area contributed by atoms with Crippen LogP contribution in [0.1, 0.15) is 0 Å². The van der Waals surface area contributed by atoms with Crippen molar-refractivity contribution in [2.24, 2.45) is 0 Å². The Balaban J connectivity index is 3.31. The summed E-state index contributed by atoms with van der Waals surface area (Å²) >= 11 is 0. The third-order valence-electron chi connectivity index (χ3n) is 4.22. The van der Waals surface area contributed by atoms with Crippen molar-refractivity contribution in [2.75, 3.05) is 29.8 Å². The van der Waals surface area contributed by atoms with E-state index < -0.39 is 78.7 Å². The van der Waals surface area contributed by atoms with Crippen molar-refractivity contribution in [3.8, 4) is 6.01 Å². The van der Waals surface area contributed by atoms with Crippen LogP contribution < -0.4 is 15.4 Å². The molecule has 21 heteroatoms. The highest BCUT2D eigenvalue weighted by molar-refractivity contribution is 6.81. The second-order valence-corrected chi connectivity index (χ2v) is 32.3. The number of rotatable bonds is 20. The van der Waals surface area contributed by atoms with Gasteiger partial charge < -0.3 is 40.1 Å². The average Bonchev–Trinajstić information content (AvgIpc) is 2.73. The number of ether oxygens (including phenoxy) is 1. The van der Waals surface area contributed by atoms with E-state index >= 15 is 0 Å². The molecule has 2 N–H and O–H groups in total. The van der Waals surface area contributed by atoms with Gasteiger partial charge in [-0.15, -0.1) is 0 Å². The third-order valence-corrected chi connectivity index (χ3v) is 25.4. The summed E-state index contributed by atoms with van der Waals surface area (Å²) in [7, 11) is -15.0. The van der Waals surface area contributed by atoms with E-state index in [0.29, 0.717) is 0 Å². The summed E-state index contributed by atoms with van der Waals surface area (Å²) < 4.78 is 56.6. The minimum atomic E-state index is -3.03. The minimum Gasteiger partial charge on any atom is -0.431 e. The van der Waals surface area contributed by atoms with Crippen LogP contribution in [0.15, 0.2) is 0 Å². The van der Waals surface area contributed by atoms with Crippen LogP contribution in [0, 0.1) is 0 Å². The van der Waals surface area contributed by atoms with E-state index in [-0.39, 0.29) is 30.2 Å². The largest absolute Gasteiger partial charge is 0.489 e. The summed E-state index contributed by atoms with van der Waals surface area (Å²) in [6, 6.07) is -0.146. The molecule has 0 aromatic carbocycles. The number of nitrogens with one attached hydrogen (secondary N) is 2. The van der Waals surface area contributed by atoms with Gasteiger partial charge in [-0.05, 0) is 78.6 Å². The molecule has 1 heterocycles. The molecule has 1 aromatic heterocycles. The lowest BCUT2D eigenvalue weighted by atomic mass is 10.8. The molecular formula is C18H50FN5O7Si8. The molecule has 0 saturated carbocycles. The van der Waals surface area contributed by atoms with Crippen molar-refractivity contribution < 1.29 is 33.8 Å². The zero-order chi connectivity index (χ0) is 29.8. The van der Waals surface area contributed by atoms with Crippen LogP contribution in [0.5, 0.6) is 6.01 Å². The van der Waals surface area contributed by atoms with Crippen molar-refractivity contribution in [3.05, 3.63) is 0 Å². The topological polar surface area (TPSA) is 127 Å². The predicted molar refractivity (Wildman–Crippen MR) is 175 cm³/mol. The molecule has 0 aliphatic carbocycles. The van der Waals surface area contributed by atoms with Crippen LogP contribution in [0.3, 0.4) is 0 Å². The summed E-state index contributed by atoms with van der Waals surface area (Å²) in [6.07, 6.45) is 0.579. The monoisotopic (exact) mass is 691 g/mol. The maximum atomic E-state index is 13.1. The van der Waals surface area contributed by atoms with E-state index in [0.717, 1.165) is 0 Å². The summed E-state index contributed by atoms with van der Waals surface area (Å²) in [5.74, 6) is 0.407. The van der Waals surface area contributed by atoms with Crippen LogP contribution in [0.4, 0.5) is 16.3 Å². The molecule has 0 unspecified atom stereocenters. The zero-order valence-corrected chi connectivity index (χ0v) is 34.6. The summed E-state index contributed by atoms with van der Waals surface area (Å²) in [6.45, 7) is 24.1. The molecule has 228 valence electrons. The van der Waals surface area contributed by atoms with Gasteiger partial charge in [-0.1, -0.05) is 0 Å². The number of hydrogen-bond donors (Lipinski definition) is 2. The summed E-state index contributed by atoms with van der Waals surface area (Å²) in [5, 5.41) is 6.44. The Kier molecular flexibility index (Phi) is 16.7. The Morgan fingerprint density at radius 2 is 0.821 bits per heavy atom. The Morgan fingerprint density at radius 1 is 0.538 bits per heavy atom. The standard InChI is InChI=1S/C18H50FN5O7Si8/c1-32(2)26-38(27-33(3)4,28-34(5)6)14-20-16-22-17(24-18(23-16)25-13-19)21-15-39(29-35(7)8,30-36(9)10)31-37(11)12/h32-37H,13-15H2,1-12H3,(H2,20,21,22,23,24). The molecule has 0 spiro atoms. The van der Waals surface area contributed by atoms with Crippen LogP contribution >= 0.6 is 0 Å². The van der Waals surface area contributed by atoms with Crippen molar-refractivity contribution >= 4 is 83.7 Å². The molecule has 0 radical (unpaired) electrons. The first kappa shape index (κ1) is 36.9. The predicted octanol–water partition coefficient (Wildman–Crippen LogP) is 1.96. The SMILES string of the molecule is C[SiH](C)O[Si](CNc1nc(NC[Si](O[SiH](C)C)(O[SiH](C)C)O[SiH](C)C)nc(OCF)n1)(O[SiH](C)C)O[SiH](C)C. The van der Waals surface area contributed by atoms with Gasteiger partial charge in [0.15, 0.2) is 54.2 Å². The number of aromatic nitrogens is 3. The van der Waals surface area contributed by atoms with E-state index in [9.17, 15) is 4.39 Å². The van der Waals surface area contributed by atoms with Gasteiger partial charge in [0.2, 0.25) is 18.8 Å². The Hall–Kier alpha value is -0.165. The van der Waals surface area contributed by atoms with E-state index in [1.807, 2.05) is 0 Å². The first-order valence-corrected chi connectivity index (χ1v) is 34.1. The molecule has 0 saturated heterocycles. The molecule has 0 amide bonds. The quantitative estimate of drug-likeness (QED) is 0.194. The fourth-order valence-electron chi connectivity index (χ4n) is 3.57. The first-order valence-electron chi connectivity index (χ1n) is 13.6. The highest BCUT2D eigenvalue weighted by atomic mass is 28.5. The number of anilines is 2. The first-order chi connectivity index (χ1) is 18.1. The second kappa shape index (κ2) is 17.7. The highest BCUT2D eigenvalue weighted by Crippen LogP contribution is 2.20. The van der Waals surface area contributed by atoms with Gasteiger partial charge in [0.25, 0.3) is 0 Å². The summed E-state index contributed by atoms with van der Waals surface area (Å²) in [5.41, 5.74) is 0. The van der Waals surface area contributed by atoms with Crippen LogP contribution in [0.25, 0.3) is 0 Å². The van der Waals surface area contributed by atoms with Gasteiger partial charge in [-0.3, -0.25) is 0 Å². The van der Waals surface area contributed by atoms with E-state index in [1.54, 1.807) is 0 Å². The summed E-state index contributed by atoms with van der Waals surface area (Å²) in [4.78, 5) is 13.0.